The fourth-order valence-electron chi connectivity index (χ4n) is 2.58. The van der Waals surface area contributed by atoms with Crippen molar-refractivity contribution in [3.8, 4) is 0 Å². The number of amides is 2. The first kappa shape index (κ1) is 14.6. The second-order valence-corrected chi connectivity index (χ2v) is 5.25. The van der Waals surface area contributed by atoms with Gasteiger partial charge in [-0.3, -0.25) is 9.59 Å². The highest BCUT2D eigenvalue weighted by molar-refractivity contribution is 5.93. The quantitative estimate of drug-likeness (QED) is 0.903. The molecule has 2 amide bonds. The van der Waals surface area contributed by atoms with E-state index in [0.717, 1.165) is 5.69 Å². The number of hydrogen-bond donors (Lipinski definition) is 1. The van der Waals surface area contributed by atoms with Crippen molar-refractivity contribution in [1.29, 1.82) is 0 Å². The molecule has 1 fully saturated rings. The number of carbonyl (C=O) groups excluding carboxylic acids is 2. The lowest BCUT2D eigenvalue weighted by Crippen LogP contribution is -2.56. The molecule has 0 atom stereocenters. The second kappa shape index (κ2) is 5.64. The Bertz CT molecular complexity index is 506. The van der Waals surface area contributed by atoms with E-state index in [-0.39, 0.29) is 11.8 Å². The summed E-state index contributed by atoms with van der Waals surface area (Å²) in [6.07, 6.45) is 1.49. The van der Waals surface area contributed by atoms with Crippen LogP contribution < -0.4 is 5.32 Å². The van der Waals surface area contributed by atoms with E-state index in [0.29, 0.717) is 38.1 Å². The molecule has 0 spiro atoms. The summed E-state index contributed by atoms with van der Waals surface area (Å²) in [6.45, 7) is 6.45. The average Bonchev–Trinajstić information content (AvgIpc) is 2.80. The minimum absolute atomic E-state index is 0.0394. The Morgan fingerprint density at radius 1 is 1.40 bits per heavy atom. The zero-order valence-corrected chi connectivity index (χ0v) is 12.2. The van der Waals surface area contributed by atoms with Gasteiger partial charge in [-0.25, -0.2) is 0 Å². The third kappa shape index (κ3) is 2.69. The Morgan fingerprint density at radius 3 is 2.65 bits per heavy atom. The average molecular weight is 279 g/mol. The van der Waals surface area contributed by atoms with Crippen LogP contribution >= 0.6 is 0 Å². The maximum atomic E-state index is 12.7. The van der Waals surface area contributed by atoms with Gasteiger partial charge in [-0.2, -0.15) is 0 Å². The summed E-state index contributed by atoms with van der Waals surface area (Å²) in [6, 6.07) is 1.81. The molecular formula is C14H21N3O3. The maximum absolute atomic E-state index is 12.7. The van der Waals surface area contributed by atoms with Gasteiger partial charge >= 0.3 is 0 Å². The fraction of sp³-hybridized carbons (Fsp3) is 0.643. The molecule has 1 N–H and O–H groups in total. The van der Waals surface area contributed by atoms with Crippen molar-refractivity contribution in [3.05, 3.63) is 17.5 Å². The Hall–Kier alpha value is -1.85. The molecular weight excluding hydrogens is 258 g/mol. The van der Waals surface area contributed by atoms with Crippen LogP contribution in [0.5, 0.6) is 0 Å². The second-order valence-electron chi connectivity index (χ2n) is 5.25. The van der Waals surface area contributed by atoms with Gasteiger partial charge in [-0.1, -0.05) is 19.0 Å². The molecule has 2 heterocycles. The lowest BCUT2D eigenvalue weighted by Gasteiger charge is -2.33. The van der Waals surface area contributed by atoms with Gasteiger partial charge in [0.25, 0.3) is 0 Å². The first-order valence-electron chi connectivity index (χ1n) is 7.03. The van der Waals surface area contributed by atoms with Gasteiger partial charge in [-0.15, -0.1) is 0 Å². The van der Waals surface area contributed by atoms with E-state index in [4.69, 9.17) is 4.52 Å². The summed E-state index contributed by atoms with van der Waals surface area (Å²) in [5, 5.41) is 6.71. The van der Waals surface area contributed by atoms with Crippen LogP contribution in [0.25, 0.3) is 0 Å². The van der Waals surface area contributed by atoms with E-state index in [1.807, 2.05) is 26.8 Å². The minimum Gasteiger partial charge on any atom is -0.359 e. The SMILES string of the molecule is CCC1(CC)NC(=O)CCN(Cc2cc(C)no2)C1=O. The summed E-state index contributed by atoms with van der Waals surface area (Å²) in [5.74, 6) is 0.534. The van der Waals surface area contributed by atoms with Crippen LogP contribution in [0.2, 0.25) is 0 Å². The van der Waals surface area contributed by atoms with E-state index >= 15 is 0 Å². The minimum atomic E-state index is -0.789. The predicted molar refractivity (Wildman–Crippen MR) is 72.7 cm³/mol. The van der Waals surface area contributed by atoms with Gasteiger partial charge in [-0.05, 0) is 19.8 Å². The third-order valence-electron chi connectivity index (χ3n) is 3.91. The topological polar surface area (TPSA) is 75.4 Å². The molecule has 20 heavy (non-hydrogen) atoms. The van der Waals surface area contributed by atoms with Gasteiger partial charge in [0.2, 0.25) is 11.8 Å². The van der Waals surface area contributed by atoms with Crippen LogP contribution in [-0.4, -0.2) is 34.0 Å². The van der Waals surface area contributed by atoms with E-state index in [2.05, 4.69) is 10.5 Å². The van der Waals surface area contributed by atoms with Gasteiger partial charge < -0.3 is 14.7 Å². The number of hydrogen-bond acceptors (Lipinski definition) is 4. The van der Waals surface area contributed by atoms with Crippen LogP contribution in [0.15, 0.2) is 10.6 Å². The molecule has 0 radical (unpaired) electrons. The highest BCUT2D eigenvalue weighted by Crippen LogP contribution is 2.23. The monoisotopic (exact) mass is 279 g/mol. The molecule has 6 nitrogen and oxygen atoms in total. The Kier molecular flexibility index (Phi) is 4.11. The van der Waals surface area contributed by atoms with Crippen molar-refractivity contribution in [2.24, 2.45) is 0 Å². The van der Waals surface area contributed by atoms with Crippen molar-refractivity contribution in [2.75, 3.05) is 6.54 Å². The summed E-state index contributed by atoms with van der Waals surface area (Å²) >= 11 is 0. The Balaban J connectivity index is 2.23. The van der Waals surface area contributed by atoms with Crippen LogP contribution in [-0.2, 0) is 16.1 Å². The highest BCUT2D eigenvalue weighted by Gasteiger charge is 2.41. The van der Waals surface area contributed by atoms with E-state index in [9.17, 15) is 9.59 Å². The number of nitrogens with zero attached hydrogens (tertiary/aromatic N) is 2. The number of aryl methyl sites for hydroxylation is 1. The van der Waals surface area contributed by atoms with Crippen molar-refractivity contribution >= 4 is 11.8 Å². The molecule has 110 valence electrons. The van der Waals surface area contributed by atoms with E-state index in [1.165, 1.54) is 0 Å². The van der Waals surface area contributed by atoms with Crippen LogP contribution in [0.3, 0.4) is 0 Å². The lowest BCUT2D eigenvalue weighted by atomic mass is 9.91. The molecule has 0 bridgehead atoms. The molecule has 0 aromatic carbocycles. The Morgan fingerprint density at radius 2 is 2.10 bits per heavy atom. The maximum Gasteiger partial charge on any atom is 0.248 e. The fourth-order valence-corrected chi connectivity index (χ4v) is 2.58. The molecule has 1 aromatic heterocycles. The summed E-state index contributed by atoms with van der Waals surface area (Å²) in [7, 11) is 0. The van der Waals surface area contributed by atoms with Gasteiger partial charge in [0.15, 0.2) is 5.76 Å². The van der Waals surface area contributed by atoms with Gasteiger partial charge in [0.1, 0.15) is 5.54 Å². The zero-order chi connectivity index (χ0) is 14.8. The van der Waals surface area contributed by atoms with Crippen LogP contribution in [0.1, 0.15) is 44.6 Å². The Labute approximate surface area is 118 Å². The first-order valence-corrected chi connectivity index (χ1v) is 7.03. The molecule has 1 saturated heterocycles. The normalized spacial score (nSPS) is 18.9. The molecule has 0 saturated carbocycles. The van der Waals surface area contributed by atoms with Crippen LogP contribution in [0, 0.1) is 6.92 Å². The van der Waals surface area contributed by atoms with Crippen molar-refractivity contribution < 1.29 is 14.1 Å². The standard InChI is InChI=1S/C14H21N3O3/c1-4-14(5-2)13(19)17(7-6-12(18)15-14)9-11-8-10(3)16-20-11/h8H,4-7,9H2,1-3H3,(H,15,18). The summed E-state index contributed by atoms with van der Waals surface area (Å²) in [4.78, 5) is 26.3. The lowest BCUT2D eigenvalue weighted by molar-refractivity contribution is -0.140. The number of rotatable bonds is 4. The highest BCUT2D eigenvalue weighted by atomic mass is 16.5. The van der Waals surface area contributed by atoms with Crippen molar-refractivity contribution in [1.82, 2.24) is 15.4 Å². The van der Waals surface area contributed by atoms with Crippen molar-refractivity contribution in [2.45, 2.75) is 52.1 Å². The van der Waals surface area contributed by atoms with Crippen LogP contribution in [0.4, 0.5) is 0 Å². The van der Waals surface area contributed by atoms with E-state index < -0.39 is 5.54 Å². The summed E-state index contributed by atoms with van der Waals surface area (Å²) in [5.41, 5.74) is -0.00319. The molecule has 1 aromatic rings. The van der Waals surface area contributed by atoms with Crippen molar-refractivity contribution in [3.63, 3.8) is 0 Å². The third-order valence-corrected chi connectivity index (χ3v) is 3.91. The smallest absolute Gasteiger partial charge is 0.248 e. The molecule has 1 aliphatic heterocycles. The molecule has 2 rings (SSSR count). The van der Waals surface area contributed by atoms with Gasteiger partial charge in [0, 0.05) is 19.0 Å². The number of carbonyl (C=O) groups is 2. The molecule has 0 aliphatic carbocycles. The summed E-state index contributed by atoms with van der Waals surface area (Å²) < 4.78 is 5.17. The molecule has 0 unspecified atom stereocenters. The van der Waals surface area contributed by atoms with Gasteiger partial charge in [0.05, 0.1) is 12.2 Å². The number of aromatic nitrogens is 1. The first-order chi connectivity index (χ1) is 9.50. The number of nitrogens with one attached hydrogen (secondary N) is 1. The molecule has 1 aliphatic rings. The largest absolute Gasteiger partial charge is 0.359 e. The molecule has 6 heteroatoms. The zero-order valence-electron chi connectivity index (χ0n) is 12.2. The van der Waals surface area contributed by atoms with E-state index in [1.54, 1.807) is 4.90 Å². The predicted octanol–water partition coefficient (Wildman–Crippen LogP) is 1.39.